The Hall–Kier alpha value is -5.36. The summed E-state index contributed by atoms with van der Waals surface area (Å²) in [4.78, 5) is 122. The average molecular weight is 994 g/mol. The molecular formula is C46H75N9O13S. The van der Waals surface area contributed by atoms with Crippen LogP contribution in [0.25, 0.3) is 0 Å². The van der Waals surface area contributed by atoms with E-state index in [1.165, 1.54) is 11.8 Å². The van der Waals surface area contributed by atoms with E-state index in [1.54, 1.807) is 44.2 Å². The minimum absolute atomic E-state index is 0.00806. The zero-order valence-electron chi connectivity index (χ0n) is 40.8. The molecule has 13 N–H and O–H groups in total. The van der Waals surface area contributed by atoms with Crippen molar-refractivity contribution in [3.05, 3.63) is 35.9 Å². The predicted octanol–water partition coefficient (Wildman–Crippen LogP) is -2.15. The van der Waals surface area contributed by atoms with Gasteiger partial charge >= 0.3 is 5.97 Å². The highest BCUT2D eigenvalue weighted by Gasteiger charge is 2.41. The number of benzene rings is 1. The fourth-order valence-electron chi connectivity index (χ4n) is 7.50. The molecular weight excluding hydrogens is 919 g/mol. The molecule has 1 saturated heterocycles. The van der Waals surface area contributed by atoms with Crippen molar-refractivity contribution in [2.24, 2.45) is 23.5 Å². The molecule has 12 atom stereocenters. The second-order valence-electron chi connectivity index (χ2n) is 18.5. The molecule has 0 spiro atoms. The molecule has 8 amide bonds. The number of carboxylic acid groups (broad SMARTS) is 1. The number of nitrogens with two attached hydrogens (primary N) is 1. The molecule has 0 unspecified atom stereocenters. The van der Waals surface area contributed by atoms with Gasteiger partial charge in [-0.3, -0.25) is 38.4 Å². The summed E-state index contributed by atoms with van der Waals surface area (Å²) in [5.74, 6) is -8.81. The Labute approximate surface area is 409 Å². The Morgan fingerprint density at radius 3 is 1.65 bits per heavy atom. The lowest BCUT2D eigenvalue weighted by Crippen LogP contribution is -2.63. The van der Waals surface area contributed by atoms with Crippen LogP contribution < -0.4 is 43.0 Å². The van der Waals surface area contributed by atoms with E-state index in [2.05, 4.69) is 49.8 Å². The van der Waals surface area contributed by atoms with Crippen molar-refractivity contribution in [1.29, 1.82) is 0 Å². The van der Waals surface area contributed by atoms with Gasteiger partial charge in [-0.15, -0.1) is 0 Å². The molecule has 1 aromatic carbocycles. The lowest BCUT2D eigenvalue weighted by atomic mass is 9.97. The topological polar surface area (TPSA) is 348 Å². The van der Waals surface area contributed by atoms with Crippen LogP contribution in [0.1, 0.15) is 93.1 Å². The normalized spacial score (nSPS) is 18.4. The molecule has 1 fully saturated rings. The second kappa shape index (κ2) is 29.0. The first kappa shape index (κ1) is 59.8. The Morgan fingerprint density at radius 2 is 1.14 bits per heavy atom. The van der Waals surface area contributed by atoms with E-state index in [0.29, 0.717) is 18.4 Å². The Kier molecular flexibility index (Phi) is 25.1. The summed E-state index contributed by atoms with van der Waals surface area (Å²) in [6, 6.07) is -4.02. The molecule has 0 aliphatic carbocycles. The van der Waals surface area contributed by atoms with Gasteiger partial charge in [-0.25, -0.2) is 4.79 Å². The van der Waals surface area contributed by atoms with Crippen molar-refractivity contribution < 1.29 is 63.6 Å². The number of aliphatic hydroxyl groups is 3. The number of nitrogens with one attached hydrogen (secondary N) is 7. The monoisotopic (exact) mass is 994 g/mol. The zero-order chi connectivity index (χ0) is 52.3. The van der Waals surface area contributed by atoms with Crippen LogP contribution in [0.4, 0.5) is 0 Å². The second-order valence-corrected chi connectivity index (χ2v) is 18.9. The number of thiol groups is 1. The minimum Gasteiger partial charge on any atom is -0.480 e. The molecule has 23 heteroatoms. The number of hydrogen-bond acceptors (Lipinski definition) is 14. The quantitative estimate of drug-likeness (QED) is 0.0399. The van der Waals surface area contributed by atoms with E-state index in [0.717, 1.165) is 6.92 Å². The third kappa shape index (κ3) is 18.8. The van der Waals surface area contributed by atoms with Crippen LogP contribution in [0.5, 0.6) is 0 Å². The van der Waals surface area contributed by atoms with E-state index in [4.69, 9.17) is 5.73 Å². The highest BCUT2D eigenvalue weighted by Crippen LogP contribution is 2.21. The van der Waals surface area contributed by atoms with Gasteiger partial charge in [-0.1, -0.05) is 78.3 Å². The van der Waals surface area contributed by atoms with Gasteiger partial charge in [-0.05, 0) is 62.8 Å². The van der Waals surface area contributed by atoms with Crippen LogP contribution in [-0.4, -0.2) is 164 Å². The van der Waals surface area contributed by atoms with Crippen molar-refractivity contribution in [2.45, 2.75) is 160 Å². The molecule has 1 aliphatic rings. The van der Waals surface area contributed by atoms with E-state index in [-0.39, 0.29) is 55.7 Å². The maximum atomic E-state index is 13.9. The van der Waals surface area contributed by atoms with Crippen LogP contribution in [0, 0.1) is 17.8 Å². The first-order valence-electron chi connectivity index (χ1n) is 23.4. The largest absolute Gasteiger partial charge is 0.480 e. The third-order valence-electron chi connectivity index (χ3n) is 11.7. The van der Waals surface area contributed by atoms with Gasteiger partial charge < -0.3 is 68.3 Å². The van der Waals surface area contributed by atoms with E-state index in [1.807, 2.05) is 27.7 Å². The van der Waals surface area contributed by atoms with Gasteiger partial charge in [0.25, 0.3) is 0 Å². The Morgan fingerprint density at radius 1 is 0.667 bits per heavy atom. The molecule has 69 heavy (non-hydrogen) atoms. The number of carbonyl (C=O) groups excluding carboxylic acids is 8. The van der Waals surface area contributed by atoms with Crippen molar-refractivity contribution in [1.82, 2.24) is 42.1 Å². The van der Waals surface area contributed by atoms with Crippen molar-refractivity contribution in [2.75, 3.05) is 18.9 Å². The first-order chi connectivity index (χ1) is 32.4. The third-order valence-corrected chi connectivity index (χ3v) is 12.1. The number of aliphatic hydroxyl groups excluding tert-OH is 3. The molecule has 1 aromatic rings. The number of aliphatic carboxylic acids is 1. The molecule has 0 radical (unpaired) electrons. The molecule has 1 aliphatic heterocycles. The van der Waals surface area contributed by atoms with Gasteiger partial charge in [0.1, 0.15) is 48.3 Å². The lowest BCUT2D eigenvalue weighted by molar-refractivity contribution is -0.143. The number of likely N-dealkylation sites (tertiary alicyclic amines) is 1. The van der Waals surface area contributed by atoms with Gasteiger partial charge in [0.15, 0.2) is 0 Å². The number of nitrogens with zero attached hydrogens (tertiary/aromatic N) is 1. The van der Waals surface area contributed by atoms with Crippen LogP contribution in [0.2, 0.25) is 0 Å². The number of carboxylic acids is 1. The van der Waals surface area contributed by atoms with Crippen molar-refractivity contribution in [3.63, 3.8) is 0 Å². The summed E-state index contributed by atoms with van der Waals surface area (Å²) in [7, 11) is 0. The summed E-state index contributed by atoms with van der Waals surface area (Å²) >= 11 is 4.23. The van der Waals surface area contributed by atoms with Gasteiger partial charge in [0, 0.05) is 18.7 Å². The molecule has 22 nitrogen and oxygen atoms in total. The van der Waals surface area contributed by atoms with Crippen molar-refractivity contribution >= 4 is 65.9 Å². The molecule has 0 saturated carbocycles. The smallest absolute Gasteiger partial charge is 0.326 e. The SMILES string of the molecule is CC[C@H](C)[C@H](N)C(=O)N[C@@H](CC(C)C)C(=O)N1CCC[C@H]1C(=O)N[C@@H](CS)C(=O)N[C@@H](CO)C(=O)N[C@@H](Cc1ccccc1)C(=O)N[C@H](C(=O)N[C@H](C(=O)N[C@@H](CC(C)C)C(=O)O)[C@@H](C)O)[C@@H](C)O. The maximum Gasteiger partial charge on any atom is 0.326 e. The standard InChI is InChI=1S/C46H75N9O13S/c1-9-25(6)35(47)42(63)49-30(18-23(2)3)45(66)55-17-13-16-34(55)41(62)52-33(22-69)40(61)51-32(21-56)39(60)48-29(20-28-14-11-10-12-15-28)38(59)53-37(27(8)58)44(65)54-36(26(7)57)43(64)50-31(46(67)68)19-24(4)5/h10-12,14-15,23-27,29-37,56-58,69H,9,13,16-22,47H2,1-8H3,(H,48,60)(H,49,63)(H,50,64)(H,51,61)(H,52,62)(H,53,59)(H,54,65)(H,67,68)/t25-,26+,27+,29-,30-,31-,32-,33-,34-,35-,36-,37-/m0/s1. The summed E-state index contributed by atoms with van der Waals surface area (Å²) < 4.78 is 0. The van der Waals surface area contributed by atoms with E-state index in [9.17, 15) is 63.6 Å². The molecule has 2 rings (SSSR count). The predicted molar refractivity (Wildman–Crippen MR) is 257 cm³/mol. The van der Waals surface area contributed by atoms with E-state index < -0.39 is 126 Å². The van der Waals surface area contributed by atoms with Crippen LogP contribution in [-0.2, 0) is 49.6 Å². The average Bonchev–Trinajstić information content (AvgIpc) is 3.79. The highest BCUT2D eigenvalue weighted by atomic mass is 32.1. The van der Waals surface area contributed by atoms with Gasteiger partial charge in [0.2, 0.25) is 47.3 Å². The number of carbonyl (C=O) groups is 9. The van der Waals surface area contributed by atoms with Gasteiger partial charge in [0.05, 0.1) is 24.9 Å². The number of hydrogen-bond donors (Lipinski definition) is 13. The number of amides is 8. The zero-order valence-corrected chi connectivity index (χ0v) is 41.7. The maximum absolute atomic E-state index is 13.9. The van der Waals surface area contributed by atoms with Crippen LogP contribution >= 0.6 is 12.6 Å². The minimum atomic E-state index is -1.79. The summed E-state index contributed by atoms with van der Waals surface area (Å²) in [5.41, 5.74) is 6.66. The number of rotatable bonds is 28. The summed E-state index contributed by atoms with van der Waals surface area (Å²) in [5, 5.41) is 58.0. The summed E-state index contributed by atoms with van der Waals surface area (Å²) in [6.07, 6.45) is -1.73. The Balaban J connectivity index is 2.27. The molecule has 388 valence electrons. The highest BCUT2D eigenvalue weighted by molar-refractivity contribution is 7.80. The van der Waals surface area contributed by atoms with Gasteiger partial charge in [-0.2, -0.15) is 12.6 Å². The fraction of sp³-hybridized carbons (Fsp3) is 0.674. The lowest BCUT2D eigenvalue weighted by Gasteiger charge is -2.31. The van der Waals surface area contributed by atoms with Crippen molar-refractivity contribution in [3.8, 4) is 0 Å². The molecule has 1 heterocycles. The first-order valence-corrected chi connectivity index (χ1v) is 24.0. The van der Waals surface area contributed by atoms with Crippen LogP contribution in [0.15, 0.2) is 30.3 Å². The Bertz CT molecular complexity index is 1910. The summed E-state index contributed by atoms with van der Waals surface area (Å²) in [6.45, 7) is 12.5. The van der Waals surface area contributed by atoms with E-state index >= 15 is 0 Å². The van der Waals surface area contributed by atoms with Crippen LogP contribution in [0.3, 0.4) is 0 Å². The fourth-order valence-corrected chi connectivity index (χ4v) is 7.76. The molecule has 0 aromatic heterocycles. The molecule has 0 bridgehead atoms.